The number of fused-ring (bicyclic) bond motifs is 9. The van der Waals surface area contributed by atoms with Gasteiger partial charge in [0.05, 0.1) is 16.7 Å². The Balaban J connectivity index is 1.05. The van der Waals surface area contributed by atoms with Crippen molar-refractivity contribution in [1.29, 1.82) is 0 Å². The van der Waals surface area contributed by atoms with Gasteiger partial charge in [-0.1, -0.05) is 146 Å². The number of rotatable bonds is 6. The molecule has 0 aliphatic rings. The summed E-state index contributed by atoms with van der Waals surface area (Å²) < 4.78 is 9.26. The van der Waals surface area contributed by atoms with Crippen LogP contribution in [0.5, 0.6) is 0 Å². The van der Waals surface area contributed by atoms with Crippen molar-refractivity contribution in [2.24, 2.45) is 0 Å². The first-order chi connectivity index (χ1) is 29.3. The van der Waals surface area contributed by atoms with Crippen LogP contribution in [0.15, 0.2) is 223 Å². The van der Waals surface area contributed by atoms with E-state index in [1.165, 1.54) is 54.5 Å². The zero-order chi connectivity index (χ0) is 38.9. The van der Waals surface area contributed by atoms with Gasteiger partial charge in [-0.2, -0.15) is 0 Å². The van der Waals surface area contributed by atoms with Crippen LogP contribution >= 0.6 is 0 Å². The molecule has 0 aliphatic heterocycles. The summed E-state index contributed by atoms with van der Waals surface area (Å²) in [5.41, 5.74) is 12.8. The molecule has 0 radical (unpaired) electrons. The van der Waals surface area contributed by atoms with E-state index >= 15 is 0 Å². The number of hydrogen-bond acceptors (Lipinski definition) is 2. The van der Waals surface area contributed by atoms with Gasteiger partial charge in [0, 0.05) is 44.2 Å². The zero-order valence-corrected chi connectivity index (χ0v) is 32.1. The molecule has 12 aromatic rings. The van der Waals surface area contributed by atoms with Crippen molar-refractivity contribution in [2.75, 3.05) is 4.90 Å². The number of nitrogens with zero attached hydrogens (tertiary/aromatic N) is 2. The Kier molecular flexibility index (Phi) is 7.54. The zero-order valence-electron chi connectivity index (χ0n) is 32.1. The number of hydrogen-bond donors (Lipinski definition) is 0. The van der Waals surface area contributed by atoms with Gasteiger partial charge in [-0.05, 0) is 111 Å². The molecule has 3 heteroatoms. The van der Waals surface area contributed by atoms with Gasteiger partial charge in [0.1, 0.15) is 11.2 Å². The summed E-state index contributed by atoms with van der Waals surface area (Å²) in [7, 11) is 0. The molecule has 2 heterocycles. The lowest BCUT2D eigenvalue weighted by molar-refractivity contribution is 0.670. The van der Waals surface area contributed by atoms with Gasteiger partial charge in [-0.25, -0.2) is 0 Å². The minimum atomic E-state index is 0.865. The molecule has 0 spiro atoms. The van der Waals surface area contributed by atoms with E-state index in [0.717, 1.165) is 55.8 Å². The first-order valence-corrected chi connectivity index (χ1v) is 20.2. The van der Waals surface area contributed by atoms with Crippen molar-refractivity contribution in [2.45, 2.75) is 0 Å². The quantitative estimate of drug-likeness (QED) is 0.158. The highest BCUT2D eigenvalue weighted by molar-refractivity contribution is 6.14. The molecule has 0 saturated carbocycles. The maximum Gasteiger partial charge on any atom is 0.145 e. The van der Waals surface area contributed by atoms with Gasteiger partial charge in [0.15, 0.2) is 0 Å². The Morgan fingerprint density at radius 2 is 0.966 bits per heavy atom. The molecule has 59 heavy (non-hydrogen) atoms. The SMILES string of the molecule is c1ccc(N(c2ccc(-c3ccc4c(ccc5ccccc54)c3)cc2)c2ccc3c(oc4ccccc43)c2-c2cccc(-n3c4ccccc4c4ccccc43)c2)cc1. The number of benzene rings is 10. The van der Waals surface area contributed by atoms with Gasteiger partial charge in [-0.15, -0.1) is 0 Å². The average Bonchev–Trinajstić information content (AvgIpc) is 3.85. The van der Waals surface area contributed by atoms with Crippen LogP contribution in [0.2, 0.25) is 0 Å². The lowest BCUT2D eigenvalue weighted by atomic mass is 9.96. The van der Waals surface area contributed by atoms with Crippen molar-refractivity contribution < 1.29 is 4.42 Å². The van der Waals surface area contributed by atoms with Gasteiger partial charge >= 0.3 is 0 Å². The van der Waals surface area contributed by atoms with E-state index < -0.39 is 0 Å². The molecule has 2 aromatic heterocycles. The first kappa shape index (κ1) is 33.3. The van der Waals surface area contributed by atoms with Crippen LogP contribution in [0.3, 0.4) is 0 Å². The van der Waals surface area contributed by atoms with Gasteiger partial charge in [0.2, 0.25) is 0 Å². The summed E-state index contributed by atoms with van der Waals surface area (Å²) in [4.78, 5) is 2.37. The molecule has 0 saturated heterocycles. The molecular weight excluding hydrogens is 717 g/mol. The largest absolute Gasteiger partial charge is 0.455 e. The van der Waals surface area contributed by atoms with E-state index in [-0.39, 0.29) is 0 Å². The van der Waals surface area contributed by atoms with Gasteiger partial charge in [0.25, 0.3) is 0 Å². The second kappa shape index (κ2) is 13.4. The molecule has 0 bridgehead atoms. The lowest BCUT2D eigenvalue weighted by Crippen LogP contribution is -2.11. The Bertz CT molecular complexity index is 3500. The summed E-state index contributed by atoms with van der Waals surface area (Å²) in [5.74, 6) is 0. The third-order valence-electron chi connectivity index (χ3n) is 12.0. The minimum Gasteiger partial charge on any atom is -0.455 e. The van der Waals surface area contributed by atoms with Crippen molar-refractivity contribution in [3.05, 3.63) is 218 Å². The Morgan fingerprint density at radius 3 is 1.76 bits per heavy atom. The highest BCUT2D eigenvalue weighted by atomic mass is 16.3. The van der Waals surface area contributed by atoms with Crippen molar-refractivity contribution in [1.82, 2.24) is 4.57 Å². The van der Waals surface area contributed by atoms with E-state index in [4.69, 9.17) is 4.42 Å². The Hall–Kier alpha value is -7.88. The maximum absolute atomic E-state index is 6.88. The highest BCUT2D eigenvalue weighted by Gasteiger charge is 2.23. The standard InChI is InChI=1S/C56H36N2O/c1-2-15-42(16-3-1)57(43-30-27-37(28-31-43)39-29-32-46-40(35-39)26-25-38-13-4-5-18-45(38)46)53-34-33-50-49-21-8-11-24-54(49)59-56(50)55(53)41-14-12-17-44(36-41)58-51-22-9-6-19-47(51)48-20-7-10-23-52(48)58/h1-36H. The lowest BCUT2D eigenvalue weighted by Gasteiger charge is -2.28. The van der Waals surface area contributed by atoms with E-state index in [0.29, 0.717) is 0 Å². The molecule has 0 N–H and O–H groups in total. The Labute approximate surface area is 341 Å². The molecular formula is C56H36N2O. The predicted octanol–water partition coefficient (Wildman–Crippen LogP) is 15.8. The van der Waals surface area contributed by atoms with Gasteiger partial charge < -0.3 is 13.9 Å². The van der Waals surface area contributed by atoms with Crippen LogP contribution in [0.25, 0.3) is 93.2 Å². The van der Waals surface area contributed by atoms with E-state index in [1.807, 2.05) is 6.07 Å². The number of anilines is 3. The van der Waals surface area contributed by atoms with Crippen LogP contribution < -0.4 is 4.90 Å². The fourth-order valence-electron chi connectivity index (χ4n) is 9.24. The van der Waals surface area contributed by atoms with Crippen molar-refractivity contribution >= 4 is 82.4 Å². The molecule has 3 nitrogen and oxygen atoms in total. The van der Waals surface area contributed by atoms with E-state index in [1.54, 1.807) is 0 Å². The smallest absolute Gasteiger partial charge is 0.145 e. The van der Waals surface area contributed by atoms with Gasteiger partial charge in [-0.3, -0.25) is 0 Å². The molecule has 0 fully saturated rings. The minimum absolute atomic E-state index is 0.865. The molecule has 276 valence electrons. The van der Waals surface area contributed by atoms with E-state index in [9.17, 15) is 0 Å². The predicted molar refractivity (Wildman–Crippen MR) is 249 cm³/mol. The fraction of sp³-hybridized carbons (Fsp3) is 0. The van der Waals surface area contributed by atoms with Crippen LogP contribution in [-0.2, 0) is 0 Å². The molecule has 12 rings (SSSR count). The summed E-state index contributed by atoms with van der Waals surface area (Å²) in [5, 5.41) is 9.73. The third-order valence-corrected chi connectivity index (χ3v) is 12.0. The maximum atomic E-state index is 6.88. The summed E-state index contributed by atoms with van der Waals surface area (Å²) in [6, 6.07) is 78.7. The van der Waals surface area contributed by atoms with Crippen LogP contribution in [-0.4, -0.2) is 4.57 Å². The molecule has 0 amide bonds. The second-order valence-corrected chi connectivity index (χ2v) is 15.3. The highest BCUT2D eigenvalue weighted by Crippen LogP contribution is 2.47. The van der Waals surface area contributed by atoms with Crippen molar-refractivity contribution in [3.63, 3.8) is 0 Å². The molecule has 0 aliphatic carbocycles. The normalized spacial score (nSPS) is 11.7. The molecule has 10 aromatic carbocycles. The van der Waals surface area contributed by atoms with Crippen LogP contribution in [0, 0.1) is 0 Å². The monoisotopic (exact) mass is 752 g/mol. The average molecular weight is 753 g/mol. The Morgan fingerprint density at radius 1 is 0.356 bits per heavy atom. The topological polar surface area (TPSA) is 21.3 Å². The molecule has 0 unspecified atom stereocenters. The van der Waals surface area contributed by atoms with Crippen LogP contribution in [0.4, 0.5) is 17.1 Å². The van der Waals surface area contributed by atoms with Crippen LogP contribution in [0.1, 0.15) is 0 Å². The third kappa shape index (κ3) is 5.36. The molecule has 0 atom stereocenters. The summed E-state index contributed by atoms with van der Waals surface area (Å²) >= 11 is 0. The first-order valence-electron chi connectivity index (χ1n) is 20.2. The number of aromatic nitrogens is 1. The number of furan rings is 1. The second-order valence-electron chi connectivity index (χ2n) is 15.3. The summed E-state index contributed by atoms with van der Waals surface area (Å²) in [6.45, 7) is 0. The number of para-hydroxylation sites is 4. The fourth-order valence-corrected chi connectivity index (χ4v) is 9.24. The van der Waals surface area contributed by atoms with Crippen molar-refractivity contribution in [3.8, 4) is 27.9 Å². The van der Waals surface area contributed by atoms with E-state index in [2.05, 4.69) is 222 Å². The summed E-state index contributed by atoms with van der Waals surface area (Å²) in [6.07, 6.45) is 0.